The number of hydrogen-bond donors (Lipinski definition) is 2. The molecule has 8 heteroatoms. The highest BCUT2D eigenvalue weighted by molar-refractivity contribution is 7.98. The smallest absolute Gasteiger partial charge is 0.336 e. The molecular weight excluding hydrogens is 418 g/mol. The van der Waals surface area contributed by atoms with E-state index in [1.165, 1.54) is 23.0 Å². The predicted octanol–water partition coefficient (Wildman–Crippen LogP) is 4.95. The maximum absolute atomic E-state index is 11.3. The van der Waals surface area contributed by atoms with Gasteiger partial charge in [0.2, 0.25) is 0 Å². The minimum Gasteiger partial charge on any atom is -0.496 e. The number of hydrogen-bond acceptors (Lipinski definition) is 7. The van der Waals surface area contributed by atoms with Crippen LogP contribution in [0.1, 0.15) is 15.9 Å². The number of carbonyl (C=O) groups is 1. The number of aromatic nitrogens is 2. The Balaban J connectivity index is 1.72. The molecule has 0 fully saturated rings. The van der Waals surface area contributed by atoms with Crippen LogP contribution in [0, 0.1) is 0 Å². The van der Waals surface area contributed by atoms with E-state index in [0.717, 1.165) is 29.0 Å². The summed E-state index contributed by atoms with van der Waals surface area (Å²) in [6, 6.07) is 13.3. The lowest BCUT2D eigenvalue weighted by atomic mass is 10.1. The van der Waals surface area contributed by atoms with Crippen LogP contribution in [-0.4, -0.2) is 47.2 Å². The summed E-state index contributed by atoms with van der Waals surface area (Å²) >= 11 is 3.09. The van der Waals surface area contributed by atoms with Crippen LogP contribution in [0.25, 0.3) is 11.3 Å². The van der Waals surface area contributed by atoms with Gasteiger partial charge in [-0.05, 0) is 48.8 Å². The van der Waals surface area contributed by atoms with Crippen LogP contribution in [0.3, 0.4) is 0 Å². The monoisotopic (exact) mass is 441 g/mol. The molecule has 0 aliphatic rings. The van der Waals surface area contributed by atoms with Gasteiger partial charge in [-0.2, -0.15) is 0 Å². The topological polar surface area (TPSA) is 84.3 Å². The Hall–Kier alpha value is -2.71. The highest BCUT2D eigenvalue weighted by Gasteiger charge is 2.12. The van der Waals surface area contributed by atoms with E-state index in [0.29, 0.717) is 22.8 Å². The Morgan fingerprint density at radius 2 is 1.93 bits per heavy atom. The minimum absolute atomic E-state index is 0.292. The lowest BCUT2D eigenvalue weighted by Gasteiger charge is -2.11. The third-order valence-corrected chi connectivity index (χ3v) is 6.09. The van der Waals surface area contributed by atoms with Crippen molar-refractivity contribution in [1.82, 2.24) is 9.97 Å². The van der Waals surface area contributed by atoms with E-state index in [1.807, 2.05) is 30.7 Å². The lowest BCUT2D eigenvalue weighted by molar-refractivity contribution is 0.0693. The first-order chi connectivity index (χ1) is 14.5. The van der Waals surface area contributed by atoms with E-state index in [1.54, 1.807) is 31.0 Å². The maximum Gasteiger partial charge on any atom is 0.336 e. The van der Waals surface area contributed by atoms with Crippen LogP contribution in [0.5, 0.6) is 5.75 Å². The fraction of sp³-hybridized carbons (Fsp3) is 0.227. The minimum atomic E-state index is -0.933. The van der Waals surface area contributed by atoms with E-state index >= 15 is 0 Å². The average molecular weight is 442 g/mol. The first-order valence-corrected chi connectivity index (χ1v) is 11.7. The molecule has 1 aromatic heterocycles. The number of thioether (sulfide) groups is 2. The summed E-state index contributed by atoms with van der Waals surface area (Å²) in [6.07, 6.45) is 6.20. The SMILES string of the molecule is COc1cc(SC)ccc1CCNc1cc(-c2ccc(C(=O)O)c(SC)c2)ncn1. The summed E-state index contributed by atoms with van der Waals surface area (Å²) in [5, 5.41) is 12.6. The Morgan fingerprint density at radius 1 is 1.10 bits per heavy atom. The molecule has 0 aliphatic carbocycles. The fourth-order valence-corrected chi connectivity index (χ4v) is 4.07. The zero-order chi connectivity index (χ0) is 21.5. The summed E-state index contributed by atoms with van der Waals surface area (Å²) < 4.78 is 5.51. The first kappa shape index (κ1) is 22.0. The fourth-order valence-electron chi connectivity index (χ4n) is 3.02. The van der Waals surface area contributed by atoms with Crippen molar-refractivity contribution in [2.45, 2.75) is 16.2 Å². The van der Waals surface area contributed by atoms with Gasteiger partial charge >= 0.3 is 5.97 Å². The molecule has 0 aliphatic heterocycles. The van der Waals surface area contributed by atoms with Crippen molar-refractivity contribution in [3.8, 4) is 17.0 Å². The van der Waals surface area contributed by atoms with Crippen molar-refractivity contribution < 1.29 is 14.6 Å². The van der Waals surface area contributed by atoms with Gasteiger partial charge in [0.25, 0.3) is 0 Å². The molecule has 0 atom stereocenters. The molecule has 0 saturated heterocycles. The number of carboxylic acids is 1. The van der Waals surface area contributed by atoms with Crippen molar-refractivity contribution in [2.75, 3.05) is 31.5 Å². The second-order valence-electron chi connectivity index (χ2n) is 6.36. The molecule has 3 rings (SSSR count). The highest BCUT2D eigenvalue weighted by atomic mass is 32.2. The number of rotatable bonds is 9. The Kier molecular flexibility index (Phi) is 7.59. The summed E-state index contributed by atoms with van der Waals surface area (Å²) in [4.78, 5) is 21.9. The average Bonchev–Trinajstić information content (AvgIpc) is 2.78. The van der Waals surface area contributed by atoms with Gasteiger partial charge in [0, 0.05) is 28.0 Å². The van der Waals surface area contributed by atoms with Crippen molar-refractivity contribution in [1.29, 1.82) is 0 Å². The molecule has 0 amide bonds. The lowest BCUT2D eigenvalue weighted by Crippen LogP contribution is -2.07. The van der Waals surface area contributed by atoms with Gasteiger partial charge in [-0.1, -0.05) is 12.1 Å². The molecule has 0 unspecified atom stereocenters. The third kappa shape index (κ3) is 5.25. The van der Waals surface area contributed by atoms with Gasteiger partial charge in [0.05, 0.1) is 18.4 Å². The molecule has 156 valence electrons. The summed E-state index contributed by atoms with van der Waals surface area (Å²) in [5.74, 6) is 0.666. The Bertz CT molecular complexity index is 1040. The molecule has 6 nitrogen and oxygen atoms in total. The molecule has 1 heterocycles. The van der Waals surface area contributed by atoms with Crippen LogP contribution in [-0.2, 0) is 6.42 Å². The third-order valence-electron chi connectivity index (χ3n) is 4.59. The van der Waals surface area contributed by atoms with Crippen LogP contribution >= 0.6 is 23.5 Å². The van der Waals surface area contributed by atoms with Crippen molar-refractivity contribution in [2.24, 2.45) is 0 Å². The van der Waals surface area contributed by atoms with Gasteiger partial charge in [-0.15, -0.1) is 23.5 Å². The maximum atomic E-state index is 11.3. The number of benzene rings is 2. The Labute approximate surface area is 184 Å². The molecule has 2 aromatic carbocycles. The van der Waals surface area contributed by atoms with Gasteiger partial charge in [0.15, 0.2) is 0 Å². The summed E-state index contributed by atoms with van der Waals surface area (Å²) in [5.41, 5.74) is 3.01. The van der Waals surface area contributed by atoms with Gasteiger partial charge < -0.3 is 15.2 Å². The van der Waals surface area contributed by atoms with Crippen LogP contribution in [0.2, 0.25) is 0 Å². The highest BCUT2D eigenvalue weighted by Crippen LogP contribution is 2.28. The number of carboxylic acid groups (broad SMARTS) is 1. The Morgan fingerprint density at radius 3 is 2.63 bits per heavy atom. The molecule has 0 spiro atoms. The number of methoxy groups -OCH3 is 1. The summed E-state index contributed by atoms with van der Waals surface area (Å²) in [7, 11) is 1.69. The van der Waals surface area contributed by atoms with E-state index < -0.39 is 5.97 Å². The molecule has 30 heavy (non-hydrogen) atoms. The van der Waals surface area contributed by atoms with Crippen molar-refractivity contribution in [3.05, 3.63) is 59.9 Å². The zero-order valence-corrected chi connectivity index (χ0v) is 18.6. The molecule has 3 aromatic rings. The normalized spacial score (nSPS) is 10.6. The molecule has 0 saturated carbocycles. The second-order valence-corrected chi connectivity index (χ2v) is 8.09. The van der Waals surface area contributed by atoms with Crippen molar-refractivity contribution in [3.63, 3.8) is 0 Å². The number of nitrogens with one attached hydrogen (secondary N) is 1. The largest absolute Gasteiger partial charge is 0.496 e. The molecular formula is C22H23N3O3S2. The number of aromatic carboxylic acids is 1. The molecule has 0 bridgehead atoms. The number of nitrogens with zero attached hydrogens (tertiary/aromatic N) is 2. The zero-order valence-electron chi connectivity index (χ0n) is 17.0. The van der Waals surface area contributed by atoms with Gasteiger partial charge in [0.1, 0.15) is 17.9 Å². The standard InChI is InChI=1S/C22H23N3O3S2/c1-28-19-11-16(29-2)6-4-14(19)8-9-23-21-12-18(24-13-25-21)15-5-7-17(22(26)27)20(10-15)30-3/h4-7,10-13H,8-9H2,1-3H3,(H,26,27)(H,23,24,25). The van der Waals surface area contributed by atoms with Crippen molar-refractivity contribution >= 4 is 35.3 Å². The van der Waals surface area contributed by atoms with E-state index in [9.17, 15) is 9.90 Å². The second kappa shape index (κ2) is 10.4. The van der Waals surface area contributed by atoms with Gasteiger partial charge in [-0.25, -0.2) is 14.8 Å². The first-order valence-electron chi connectivity index (χ1n) is 9.24. The van der Waals surface area contributed by atoms with Crippen LogP contribution in [0.15, 0.2) is 58.6 Å². The van der Waals surface area contributed by atoms with E-state index in [-0.39, 0.29) is 0 Å². The number of anilines is 1. The predicted molar refractivity (Wildman–Crippen MR) is 123 cm³/mol. The quantitative estimate of drug-likeness (QED) is 0.451. The molecule has 2 N–H and O–H groups in total. The van der Waals surface area contributed by atoms with Gasteiger partial charge in [-0.3, -0.25) is 0 Å². The molecule has 0 radical (unpaired) electrons. The van der Waals surface area contributed by atoms with E-state index in [4.69, 9.17) is 4.74 Å². The van der Waals surface area contributed by atoms with Crippen LogP contribution < -0.4 is 10.1 Å². The number of ether oxygens (including phenoxy) is 1. The van der Waals surface area contributed by atoms with E-state index in [2.05, 4.69) is 27.4 Å². The van der Waals surface area contributed by atoms with Crippen LogP contribution in [0.4, 0.5) is 5.82 Å². The summed E-state index contributed by atoms with van der Waals surface area (Å²) in [6.45, 7) is 0.694.